The first-order valence-electron chi connectivity index (χ1n) is 10.5. The standard InChI is InChI=1S/C24H22ClN3O6/c1-15-3-5-17(6-4-15)11-27-24(25)21(16(2)26-27)7-8-22(29)33-13-19-10-20(28(30)31)9-18-12-32-14-34-23(18)19/h3-10H,11-14H2,1-2H3/b8-7+. The Kier molecular flexibility index (Phi) is 6.95. The molecule has 1 aliphatic rings. The molecule has 0 amide bonds. The zero-order chi connectivity index (χ0) is 24.2. The van der Waals surface area contributed by atoms with Gasteiger partial charge in [0.2, 0.25) is 0 Å². The third-order valence-corrected chi connectivity index (χ3v) is 5.70. The van der Waals surface area contributed by atoms with E-state index in [9.17, 15) is 14.9 Å². The van der Waals surface area contributed by atoms with Gasteiger partial charge in [0.15, 0.2) is 6.79 Å². The molecule has 4 rings (SSSR count). The van der Waals surface area contributed by atoms with E-state index in [1.165, 1.54) is 23.8 Å². The van der Waals surface area contributed by atoms with Gasteiger partial charge in [0.1, 0.15) is 17.5 Å². The van der Waals surface area contributed by atoms with Crippen LogP contribution >= 0.6 is 11.6 Å². The Morgan fingerprint density at radius 3 is 2.79 bits per heavy atom. The van der Waals surface area contributed by atoms with E-state index in [0.29, 0.717) is 39.8 Å². The lowest BCUT2D eigenvalue weighted by atomic mass is 10.1. The van der Waals surface area contributed by atoms with E-state index < -0.39 is 10.9 Å². The van der Waals surface area contributed by atoms with Crippen LogP contribution in [0.2, 0.25) is 5.15 Å². The zero-order valence-electron chi connectivity index (χ0n) is 18.6. The summed E-state index contributed by atoms with van der Waals surface area (Å²) in [6.45, 7) is 4.34. The third-order valence-electron chi connectivity index (χ3n) is 5.30. The van der Waals surface area contributed by atoms with Crippen molar-refractivity contribution in [1.82, 2.24) is 9.78 Å². The largest absolute Gasteiger partial charge is 0.467 e. The molecule has 3 aromatic rings. The predicted octanol–water partition coefficient (Wildman–Crippen LogP) is 4.73. The molecule has 9 nitrogen and oxygen atoms in total. The van der Waals surface area contributed by atoms with Crippen molar-refractivity contribution in [3.8, 4) is 5.75 Å². The van der Waals surface area contributed by atoms with Crippen molar-refractivity contribution < 1.29 is 23.9 Å². The van der Waals surface area contributed by atoms with Gasteiger partial charge in [-0.15, -0.1) is 0 Å². The van der Waals surface area contributed by atoms with Crippen LogP contribution in [0.15, 0.2) is 42.5 Å². The van der Waals surface area contributed by atoms with Crippen molar-refractivity contribution in [3.63, 3.8) is 0 Å². The number of carbonyl (C=O) groups is 1. The number of hydrogen-bond donors (Lipinski definition) is 0. The minimum Gasteiger partial charge on any atom is -0.467 e. The summed E-state index contributed by atoms with van der Waals surface area (Å²) in [4.78, 5) is 23.1. The molecule has 34 heavy (non-hydrogen) atoms. The fraction of sp³-hybridized carbons (Fsp3) is 0.250. The van der Waals surface area contributed by atoms with Crippen LogP contribution < -0.4 is 4.74 Å². The maximum Gasteiger partial charge on any atom is 0.331 e. The fourth-order valence-electron chi connectivity index (χ4n) is 3.57. The highest BCUT2D eigenvalue weighted by Gasteiger charge is 2.21. The molecule has 0 aliphatic carbocycles. The fourth-order valence-corrected chi connectivity index (χ4v) is 3.87. The highest BCUT2D eigenvalue weighted by molar-refractivity contribution is 6.31. The number of aryl methyl sites for hydroxylation is 2. The minimum absolute atomic E-state index is 0.0238. The van der Waals surface area contributed by atoms with Crippen LogP contribution in [0, 0.1) is 24.0 Å². The number of benzene rings is 2. The zero-order valence-corrected chi connectivity index (χ0v) is 19.4. The first-order chi connectivity index (χ1) is 16.3. The van der Waals surface area contributed by atoms with E-state index in [1.807, 2.05) is 31.2 Å². The van der Waals surface area contributed by atoms with Crippen molar-refractivity contribution in [2.24, 2.45) is 0 Å². The molecule has 0 N–H and O–H groups in total. The number of non-ortho nitro benzene ring substituents is 1. The molecule has 2 aromatic carbocycles. The SMILES string of the molecule is Cc1ccc(Cn2nc(C)c(/C=C/C(=O)OCc3cc([N+](=O)[O-])cc4c3OCOC4)c2Cl)cc1. The molecule has 1 aromatic heterocycles. The summed E-state index contributed by atoms with van der Waals surface area (Å²) in [6.07, 6.45) is 2.80. The lowest BCUT2D eigenvalue weighted by molar-refractivity contribution is -0.385. The van der Waals surface area contributed by atoms with Gasteiger partial charge in [0, 0.05) is 34.9 Å². The Hall–Kier alpha value is -3.69. The van der Waals surface area contributed by atoms with Crippen LogP contribution in [0.1, 0.15) is 33.5 Å². The topological polar surface area (TPSA) is 106 Å². The van der Waals surface area contributed by atoms with Gasteiger partial charge < -0.3 is 14.2 Å². The summed E-state index contributed by atoms with van der Waals surface area (Å²) in [5, 5.41) is 16.1. The number of nitro benzene ring substituents is 1. The number of aromatic nitrogens is 2. The van der Waals surface area contributed by atoms with E-state index in [2.05, 4.69) is 5.10 Å². The predicted molar refractivity (Wildman–Crippen MR) is 124 cm³/mol. The summed E-state index contributed by atoms with van der Waals surface area (Å²) < 4.78 is 17.6. The van der Waals surface area contributed by atoms with Gasteiger partial charge in [0.05, 0.1) is 23.8 Å². The number of rotatable bonds is 7. The summed E-state index contributed by atoms with van der Waals surface area (Å²) in [7, 11) is 0. The summed E-state index contributed by atoms with van der Waals surface area (Å²) in [5.41, 5.74) is 4.30. The summed E-state index contributed by atoms with van der Waals surface area (Å²) in [5.74, 6) is -0.195. The number of halogens is 1. The van der Waals surface area contributed by atoms with Crippen LogP contribution in [-0.4, -0.2) is 27.5 Å². The highest BCUT2D eigenvalue weighted by atomic mass is 35.5. The van der Waals surface area contributed by atoms with Crippen molar-refractivity contribution in [2.45, 2.75) is 33.6 Å². The van der Waals surface area contributed by atoms with Crippen LogP contribution in [0.5, 0.6) is 5.75 Å². The van der Waals surface area contributed by atoms with E-state index >= 15 is 0 Å². The van der Waals surface area contributed by atoms with Crippen LogP contribution in [0.25, 0.3) is 6.08 Å². The number of ether oxygens (including phenoxy) is 3. The molecule has 0 radical (unpaired) electrons. The molecule has 2 heterocycles. The second-order valence-corrected chi connectivity index (χ2v) is 8.19. The third kappa shape index (κ3) is 5.27. The van der Waals surface area contributed by atoms with Gasteiger partial charge in [-0.3, -0.25) is 10.1 Å². The molecule has 176 valence electrons. The minimum atomic E-state index is -0.630. The van der Waals surface area contributed by atoms with Crippen molar-refractivity contribution in [3.05, 3.63) is 91.3 Å². The molecule has 0 saturated carbocycles. The average molecular weight is 484 g/mol. The lowest BCUT2D eigenvalue weighted by Gasteiger charge is -2.20. The number of nitro groups is 1. The second-order valence-electron chi connectivity index (χ2n) is 7.84. The van der Waals surface area contributed by atoms with Crippen molar-refractivity contribution >= 4 is 29.3 Å². The highest BCUT2D eigenvalue weighted by Crippen LogP contribution is 2.33. The van der Waals surface area contributed by atoms with Crippen molar-refractivity contribution in [2.75, 3.05) is 6.79 Å². The molecule has 0 bridgehead atoms. The van der Waals surface area contributed by atoms with Gasteiger partial charge in [-0.05, 0) is 25.5 Å². The van der Waals surface area contributed by atoms with Crippen molar-refractivity contribution in [1.29, 1.82) is 0 Å². The van der Waals surface area contributed by atoms with E-state index in [-0.39, 0.29) is 25.7 Å². The monoisotopic (exact) mass is 483 g/mol. The van der Waals surface area contributed by atoms with E-state index in [4.69, 9.17) is 25.8 Å². The quantitative estimate of drug-likeness (QED) is 0.207. The Morgan fingerprint density at radius 1 is 1.29 bits per heavy atom. The Balaban J connectivity index is 1.45. The summed E-state index contributed by atoms with van der Waals surface area (Å²) in [6, 6.07) is 10.8. The second kappa shape index (κ2) is 10.1. The number of fused-ring (bicyclic) bond motifs is 1. The van der Waals surface area contributed by atoms with Gasteiger partial charge in [-0.2, -0.15) is 5.10 Å². The van der Waals surface area contributed by atoms with Crippen LogP contribution in [0.3, 0.4) is 0 Å². The van der Waals surface area contributed by atoms with Gasteiger partial charge in [-0.1, -0.05) is 41.4 Å². The molecule has 0 atom stereocenters. The number of carbonyl (C=O) groups excluding carboxylic acids is 1. The van der Waals surface area contributed by atoms with Crippen LogP contribution in [0.4, 0.5) is 5.69 Å². The van der Waals surface area contributed by atoms with E-state index in [1.54, 1.807) is 17.7 Å². The Morgan fingerprint density at radius 2 is 2.06 bits per heavy atom. The maximum atomic E-state index is 12.4. The Labute approximate surface area is 200 Å². The maximum absolute atomic E-state index is 12.4. The molecular formula is C24H22ClN3O6. The smallest absolute Gasteiger partial charge is 0.331 e. The first-order valence-corrected chi connectivity index (χ1v) is 10.8. The number of hydrogen-bond acceptors (Lipinski definition) is 7. The summed E-state index contributed by atoms with van der Waals surface area (Å²) >= 11 is 6.50. The molecule has 10 heteroatoms. The number of esters is 1. The van der Waals surface area contributed by atoms with E-state index in [0.717, 1.165) is 5.56 Å². The molecular weight excluding hydrogens is 462 g/mol. The Bertz CT molecular complexity index is 1270. The molecule has 0 spiro atoms. The molecule has 0 saturated heterocycles. The van der Waals surface area contributed by atoms with Gasteiger partial charge in [0.25, 0.3) is 5.69 Å². The average Bonchev–Trinajstić information content (AvgIpc) is 3.09. The van der Waals surface area contributed by atoms with Gasteiger partial charge >= 0.3 is 5.97 Å². The van der Waals surface area contributed by atoms with Gasteiger partial charge in [-0.25, -0.2) is 9.48 Å². The first kappa shape index (κ1) is 23.5. The molecule has 0 unspecified atom stereocenters. The lowest BCUT2D eigenvalue weighted by Crippen LogP contribution is -2.14. The molecule has 0 fully saturated rings. The van der Waals surface area contributed by atoms with Crippen LogP contribution in [-0.2, 0) is 34.0 Å². The normalized spacial score (nSPS) is 12.9. The molecule has 1 aliphatic heterocycles. The number of nitrogens with zero attached hydrogens (tertiary/aromatic N) is 3.